The second-order valence-electron chi connectivity index (χ2n) is 4.51. The van der Waals surface area contributed by atoms with E-state index in [0.29, 0.717) is 30.6 Å². The van der Waals surface area contributed by atoms with E-state index in [1.807, 2.05) is 4.90 Å². The minimum atomic E-state index is -0.0239. The van der Waals surface area contributed by atoms with Crippen LogP contribution in [0.5, 0.6) is 0 Å². The highest BCUT2D eigenvalue weighted by molar-refractivity contribution is 5.92. The van der Waals surface area contributed by atoms with Gasteiger partial charge >= 0.3 is 0 Å². The molecular weight excluding hydrogens is 218 g/mol. The van der Waals surface area contributed by atoms with Crippen LogP contribution in [0.15, 0.2) is 10.7 Å². The highest BCUT2D eigenvalue weighted by Crippen LogP contribution is 2.19. The Balaban J connectivity index is 2.07. The van der Waals surface area contributed by atoms with E-state index in [1.54, 1.807) is 0 Å². The third-order valence-electron chi connectivity index (χ3n) is 3.19. The van der Waals surface area contributed by atoms with E-state index in [-0.39, 0.29) is 5.91 Å². The standard InChI is InChI=1S/C12H19N3O2/c1-9-4-2-3-7-15(9)12(16)10-8-17-11(14-10)5-6-13/h8-9H,2-7,13H2,1H3. The number of rotatable bonds is 3. The van der Waals surface area contributed by atoms with Gasteiger partial charge in [-0.3, -0.25) is 4.79 Å². The second kappa shape index (κ2) is 5.31. The first-order chi connectivity index (χ1) is 8.22. The van der Waals surface area contributed by atoms with E-state index in [2.05, 4.69) is 11.9 Å². The van der Waals surface area contributed by atoms with Crippen LogP contribution in [0.25, 0.3) is 0 Å². The van der Waals surface area contributed by atoms with Gasteiger partial charge in [0.2, 0.25) is 0 Å². The monoisotopic (exact) mass is 237 g/mol. The Kier molecular flexibility index (Phi) is 3.78. The molecule has 2 rings (SSSR count). The molecule has 1 aliphatic rings. The van der Waals surface area contributed by atoms with E-state index in [9.17, 15) is 4.79 Å². The number of oxazole rings is 1. The van der Waals surface area contributed by atoms with Gasteiger partial charge in [0.05, 0.1) is 0 Å². The summed E-state index contributed by atoms with van der Waals surface area (Å²) >= 11 is 0. The molecule has 0 radical (unpaired) electrons. The molecule has 0 aliphatic carbocycles. The molecule has 94 valence electrons. The number of aromatic nitrogens is 1. The number of carbonyl (C=O) groups excluding carboxylic acids is 1. The minimum absolute atomic E-state index is 0.0239. The van der Waals surface area contributed by atoms with Crippen molar-refractivity contribution < 1.29 is 9.21 Å². The van der Waals surface area contributed by atoms with Crippen molar-refractivity contribution in [3.8, 4) is 0 Å². The van der Waals surface area contributed by atoms with Gasteiger partial charge in [0.15, 0.2) is 11.6 Å². The van der Waals surface area contributed by atoms with Crippen molar-refractivity contribution in [3.63, 3.8) is 0 Å². The molecule has 0 bridgehead atoms. The summed E-state index contributed by atoms with van der Waals surface area (Å²) in [6.45, 7) is 3.38. The van der Waals surface area contributed by atoms with Crippen LogP contribution in [0.2, 0.25) is 0 Å². The molecule has 1 unspecified atom stereocenters. The molecule has 5 heteroatoms. The van der Waals surface area contributed by atoms with Gasteiger partial charge in [-0.2, -0.15) is 0 Å². The Hall–Kier alpha value is -1.36. The summed E-state index contributed by atoms with van der Waals surface area (Å²) in [5, 5.41) is 0. The zero-order valence-corrected chi connectivity index (χ0v) is 10.2. The summed E-state index contributed by atoms with van der Waals surface area (Å²) in [5.74, 6) is 0.518. The van der Waals surface area contributed by atoms with Crippen LogP contribution in [0.3, 0.4) is 0 Å². The molecule has 0 saturated carbocycles. The van der Waals surface area contributed by atoms with Gasteiger partial charge in [-0.1, -0.05) is 0 Å². The molecule has 1 saturated heterocycles. The molecule has 0 aromatic carbocycles. The first-order valence-corrected chi connectivity index (χ1v) is 6.18. The van der Waals surface area contributed by atoms with E-state index >= 15 is 0 Å². The summed E-state index contributed by atoms with van der Waals surface area (Å²) in [4.78, 5) is 18.3. The predicted molar refractivity (Wildman–Crippen MR) is 63.6 cm³/mol. The number of likely N-dealkylation sites (tertiary alicyclic amines) is 1. The topological polar surface area (TPSA) is 72.4 Å². The zero-order chi connectivity index (χ0) is 12.3. The molecule has 1 atom stereocenters. The lowest BCUT2D eigenvalue weighted by Crippen LogP contribution is -2.42. The predicted octanol–water partition coefficient (Wildman–Crippen LogP) is 1.19. The lowest BCUT2D eigenvalue weighted by Gasteiger charge is -2.32. The highest BCUT2D eigenvalue weighted by Gasteiger charge is 2.26. The number of hydrogen-bond acceptors (Lipinski definition) is 4. The van der Waals surface area contributed by atoms with Crippen LogP contribution in [0, 0.1) is 0 Å². The van der Waals surface area contributed by atoms with Crippen molar-refractivity contribution in [3.05, 3.63) is 17.8 Å². The lowest BCUT2D eigenvalue weighted by atomic mass is 10.0. The number of nitrogens with zero attached hydrogens (tertiary/aromatic N) is 2. The average Bonchev–Trinajstić information content (AvgIpc) is 2.78. The second-order valence-corrected chi connectivity index (χ2v) is 4.51. The average molecular weight is 237 g/mol. The summed E-state index contributed by atoms with van der Waals surface area (Å²) in [5.41, 5.74) is 5.82. The number of amides is 1. The molecule has 1 aliphatic heterocycles. The normalized spacial score (nSPS) is 20.6. The lowest BCUT2D eigenvalue weighted by molar-refractivity contribution is 0.0629. The molecular formula is C12H19N3O2. The number of hydrogen-bond donors (Lipinski definition) is 1. The fourth-order valence-electron chi connectivity index (χ4n) is 2.19. The SMILES string of the molecule is CC1CCCCN1C(=O)c1coc(CCN)n1. The molecule has 0 spiro atoms. The van der Waals surface area contributed by atoms with Crippen molar-refractivity contribution >= 4 is 5.91 Å². The largest absolute Gasteiger partial charge is 0.448 e. The third kappa shape index (κ3) is 2.66. The number of nitrogens with two attached hydrogens (primary N) is 1. The van der Waals surface area contributed by atoms with Crippen molar-refractivity contribution in [1.29, 1.82) is 0 Å². The van der Waals surface area contributed by atoms with Crippen LogP contribution in [0.4, 0.5) is 0 Å². The van der Waals surface area contributed by atoms with Gasteiger partial charge in [0.25, 0.3) is 5.91 Å². The van der Waals surface area contributed by atoms with Crippen LogP contribution in [-0.2, 0) is 6.42 Å². The molecule has 1 amide bonds. The maximum Gasteiger partial charge on any atom is 0.276 e. The Bertz CT molecular complexity index is 389. The van der Waals surface area contributed by atoms with E-state index in [4.69, 9.17) is 10.2 Å². The number of piperidine rings is 1. The van der Waals surface area contributed by atoms with Crippen LogP contribution in [-0.4, -0.2) is 34.9 Å². The molecule has 1 aromatic rings. The van der Waals surface area contributed by atoms with E-state index in [0.717, 1.165) is 19.4 Å². The van der Waals surface area contributed by atoms with Crippen molar-refractivity contribution in [2.24, 2.45) is 5.73 Å². The smallest absolute Gasteiger partial charge is 0.276 e. The Morgan fingerprint density at radius 2 is 2.47 bits per heavy atom. The van der Waals surface area contributed by atoms with Gasteiger partial charge in [-0.25, -0.2) is 4.98 Å². The summed E-state index contributed by atoms with van der Waals surface area (Å²) in [6.07, 6.45) is 5.35. The fraction of sp³-hybridized carbons (Fsp3) is 0.667. The first kappa shape index (κ1) is 12.1. The highest BCUT2D eigenvalue weighted by atomic mass is 16.3. The van der Waals surface area contributed by atoms with Crippen molar-refractivity contribution in [2.75, 3.05) is 13.1 Å². The van der Waals surface area contributed by atoms with Crippen molar-refractivity contribution in [1.82, 2.24) is 9.88 Å². The van der Waals surface area contributed by atoms with Gasteiger partial charge in [0, 0.05) is 25.6 Å². The van der Waals surface area contributed by atoms with Gasteiger partial charge in [0.1, 0.15) is 6.26 Å². The molecule has 17 heavy (non-hydrogen) atoms. The van der Waals surface area contributed by atoms with Crippen molar-refractivity contribution in [2.45, 2.75) is 38.6 Å². The van der Waals surface area contributed by atoms with Gasteiger partial charge in [-0.05, 0) is 26.2 Å². The maximum atomic E-state index is 12.2. The fourth-order valence-corrected chi connectivity index (χ4v) is 2.19. The van der Waals surface area contributed by atoms with Crippen LogP contribution < -0.4 is 5.73 Å². The molecule has 2 heterocycles. The van der Waals surface area contributed by atoms with E-state index in [1.165, 1.54) is 12.7 Å². The Morgan fingerprint density at radius 3 is 3.18 bits per heavy atom. The summed E-state index contributed by atoms with van der Waals surface area (Å²) in [7, 11) is 0. The Morgan fingerprint density at radius 1 is 1.65 bits per heavy atom. The van der Waals surface area contributed by atoms with Gasteiger partial charge < -0.3 is 15.1 Å². The molecule has 5 nitrogen and oxygen atoms in total. The molecule has 2 N–H and O–H groups in total. The summed E-state index contributed by atoms with van der Waals surface area (Å²) in [6, 6.07) is 0.297. The minimum Gasteiger partial charge on any atom is -0.448 e. The van der Waals surface area contributed by atoms with Crippen LogP contribution in [0.1, 0.15) is 42.6 Å². The molecule has 1 aromatic heterocycles. The zero-order valence-electron chi connectivity index (χ0n) is 10.2. The maximum absolute atomic E-state index is 12.2. The third-order valence-corrected chi connectivity index (χ3v) is 3.19. The quantitative estimate of drug-likeness (QED) is 0.857. The number of carbonyl (C=O) groups is 1. The molecule has 1 fully saturated rings. The van der Waals surface area contributed by atoms with E-state index < -0.39 is 0 Å². The van der Waals surface area contributed by atoms with Gasteiger partial charge in [-0.15, -0.1) is 0 Å². The first-order valence-electron chi connectivity index (χ1n) is 6.18. The summed E-state index contributed by atoms with van der Waals surface area (Å²) < 4.78 is 5.21. The van der Waals surface area contributed by atoms with Crippen LogP contribution >= 0.6 is 0 Å². The Labute approximate surface area is 101 Å².